The van der Waals surface area contributed by atoms with E-state index in [0.29, 0.717) is 0 Å². The van der Waals surface area contributed by atoms with Crippen LogP contribution in [0.2, 0.25) is 0 Å². The van der Waals surface area contributed by atoms with Gasteiger partial charge in [-0.2, -0.15) is 0 Å². The van der Waals surface area contributed by atoms with Crippen LogP contribution in [-0.2, 0) is 12.3 Å². The summed E-state index contributed by atoms with van der Waals surface area (Å²) in [5, 5.41) is 0. The van der Waals surface area contributed by atoms with Gasteiger partial charge in [0.2, 0.25) is 0 Å². The van der Waals surface area contributed by atoms with E-state index < -0.39 is 12.3 Å². The van der Waals surface area contributed by atoms with Gasteiger partial charge in [-0.25, -0.2) is 0 Å². The second-order valence-corrected chi connectivity index (χ2v) is 5.83. The van der Waals surface area contributed by atoms with Crippen LogP contribution in [0.15, 0.2) is 0 Å². The van der Waals surface area contributed by atoms with E-state index in [1.54, 1.807) is 0 Å². The molecule has 0 bridgehead atoms. The zero-order chi connectivity index (χ0) is 8.35. The fraction of sp³-hybridized carbons (Fsp3) is 0. The number of hydrogen-bond acceptors (Lipinski definition) is 0. The molecule has 0 aromatic heterocycles. The maximum absolute atomic E-state index is 14.9. The van der Waals surface area contributed by atoms with Crippen molar-refractivity contribution in [3.63, 3.8) is 0 Å². The molecule has 0 aliphatic heterocycles. The van der Waals surface area contributed by atoms with E-state index in [1.165, 1.54) is 0 Å². The van der Waals surface area contributed by atoms with E-state index in [9.17, 15) is 28.4 Å². The van der Waals surface area contributed by atoms with Gasteiger partial charge in [-0.15, -0.1) is 0 Å². The van der Waals surface area contributed by atoms with Gasteiger partial charge in [0.25, 0.3) is 0 Å². The van der Waals surface area contributed by atoms with Gasteiger partial charge in [-0.05, 0) is 0 Å². The van der Waals surface area contributed by atoms with Crippen LogP contribution in [0.1, 0.15) is 0 Å². The summed E-state index contributed by atoms with van der Waals surface area (Å²) in [5.74, 6) is 0. The molecule has 0 saturated heterocycles. The van der Waals surface area contributed by atoms with Crippen LogP contribution in [0.5, 0.6) is 0 Å². The Morgan fingerprint density at radius 3 is 0.444 bits per heavy atom. The average Bonchev–Trinajstić information content (AvgIpc) is 0.503. The molecular weight excluding hydrogens is 208 g/mol. The Hall–Kier alpha value is -0.0405. The number of halogens is 8. The fourth-order valence-corrected chi connectivity index (χ4v) is 0. The molecule has 0 nitrogen and oxygen atoms in total. The molecule has 0 aromatic carbocycles. The van der Waals surface area contributed by atoms with Crippen molar-refractivity contribution < 1.29 is 40.7 Å². The summed E-state index contributed by atoms with van der Waals surface area (Å²) in [5.41, 5.74) is 0. The fourth-order valence-electron chi connectivity index (χ4n) is 0. The van der Waals surface area contributed by atoms with Gasteiger partial charge in [-0.1, -0.05) is 0 Å². The van der Waals surface area contributed by atoms with Crippen molar-refractivity contribution in [3.8, 4) is 0 Å². The van der Waals surface area contributed by atoms with E-state index in [0.717, 1.165) is 0 Å². The summed E-state index contributed by atoms with van der Waals surface area (Å²) in [7, 11) is 0. The van der Waals surface area contributed by atoms with Gasteiger partial charge in [0.1, 0.15) is 0 Å². The summed E-state index contributed by atoms with van der Waals surface area (Å²) in [6, 6.07) is 0. The molecule has 0 atom stereocenters. The first-order valence-electron chi connectivity index (χ1n) is 1.07. The second kappa shape index (κ2) is 0.493. The SMILES string of the molecule is [F][Fe]([F])([F])([F])([F])([F])([F])[F]. The summed E-state index contributed by atoms with van der Waals surface area (Å²) >= 11 is -14.9. The summed E-state index contributed by atoms with van der Waals surface area (Å²) in [6.07, 6.45) is 0. The van der Waals surface area contributed by atoms with Crippen LogP contribution < -0.4 is 0 Å². The van der Waals surface area contributed by atoms with E-state index in [-0.39, 0.29) is 0 Å². The summed E-state index contributed by atoms with van der Waals surface area (Å²) in [6.45, 7) is 0. The molecule has 0 spiro atoms. The molecule has 0 aliphatic rings. The molecule has 0 amide bonds. The summed E-state index contributed by atoms with van der Waals surface area (Å²) < 4.78 is 79.2. The molecule has 9 heteroatoms. The van der Waals surface area contributed by atoms with Crippen molar-refractivity contribution in [2.75, 3.05) is 0 Å². The Bertz CT molecular complexity index is 139. The average molecular weight is 208 g/mol. The molecule has 0 radical (unpaired) electrons. The van der Waals surface area contributed by atoms with Crippen LogP contribution in [-0.4, -0.2) is 0 Å². The first-order chi connectivity index (χ1) is 2.83. The predicted molar refractivity (Wildman–Crippen MR) is 8.86 cm³/mol. The molecule has 64 valence electrons. The molecule has 0 unspecified atom stereocenters. The minimum atomic E-state index is -14.9. The topological polar surface area (TPSA) is 0 Å². The number of hydrogen-bond donors (Lipinski definition) is 0. The van der Waals surface area contributed by atoms with Gasteiger partial charge in [0.05, 0.1) is 0 Å². The van der Waals surface area contributed by atoms with Gasteiger partial charge in [0.15, 0.2) is 0 Å². The standard InChI is InChI=1S/8FH.Fe/h8*1H;/q;;;;;;;;+8/p-8. The third-order valence-corrected chi connectivity index (χ3v) is 0. The monoisotopic (exact) mass is 208 g/mol. The Kier molecular flexibility index (Phi) is 0.491. The molecule has 0 aliphatic carbocycles. The summed E-state index contributed by atoms with van der Waals surface area (Å²) in [4.78, 5) is 0. The molecular formula is F8Fe. The zero-order valence-electron chi connectivity index (χ0n) is 3.38. The van der Waals surface area contributed by atoms with Crippen LogP contribution >= 0.6 is 0 Å². The van der Waals surface area contributed by atoms with Crippen molar-refractivity contribution in [1.82, 2.24) is 0 Å². The number of rotatable bonds is 0. The minimum absolute atomic E-state index is 9.91. The van der Waals surface area contributed by atoms with E-state index in [1.807, 2.05) is 0 Å². The van der Waals surface area contributed by atoms with Crippen LogP contribution in [0, 0.1) is 0 Å². The third kappa shape index (κ3) is 172000. The molecule has 9 heavy (non-hydrogen) atoms. The molecule has 0 aromatic rings. The van der Waals surface area contributed by atoms with E-state index >= 15 is 0 Å². The Morgan fingerprint density at radius 2 is 0.444 bits per heavy atom. The Balaban J connectivity index is 5.84. The van der Waals surface area contributed by atoms with Crippen molar-refractivity contribution in [2.45, 2.75) is 0 Å². The second-order valence-electron chi connectivity index (χ2n) is 1.41. The van der Waals surface area contributed by atoms with Gasteiger partial charge in [-0.3, -0.25) is 0 Å². The predicted octanol–water partition coefficient (Wildman–Crippen LogP) is 3.36. The van der Waals surface area contributed by atoms with Gasteiger partial charge in [0, 0.05) is 0 Å². The first-order valence-corrected chi connectivity index (χ1v) is 4.41. The quantitative estimate of drug-likeness (QED) is 0.422. The first kappa shape index (κ1) is 8.96. The Labute approximate surface area is 41.8 Å². The normalized spacial score (nSPS) is 31.1. The molecule has 0 saturated carbocycles. The van der Waals surface area contributed by atoms with Gasteiger partial charge >= 0.3 is 40.7 Å². The molecule has 0 fully saturated rings. The molecule has 0 rings (SSSR count). The van der Waals surface area contributed by atoms with Crippen LogP contribution in [0.25, 0.3) is 0 Å². The van der Waals surface area contributed by atoms with Crippen LogP contribution in [0.3, 0.4) is 0 Å². The van der Waals surface area contributed by atoms with E-state index in [2.05, 4.69) is 0 Å². The van der Waals surface area contributed by atoms with Crippen molar-refractivity contribution >= 4 is 0 Å². The molecule has 0 heterocycles. The van der Waals surface area contributed by atoms with E-state index in [4.69, 9.17) is 0 Å². The maximum atomic E-state index is 9.91. The van der Waals surface area contributed by atoms with Crippen molar-refractivity contribution in [2.24, 2.45) is 0 Å². The zero-order valence-corrected chi connectivity index (χ0v) is 4.48. The third-order valence-electron chi connectivity index (χ3n) is 0. The van der Waals surface area contributed by atoms with Gasteiger partial charge < -0.3 is 0 Å². The van der Waals surface area contributed by atoms with Crippen LogP contribution in [0.4, 0.5) is 28.4 Å². The Morgan fingerprint density at radius 1 is 0.444 bits per heavy atom. The van der Waals surface area contributed by atoms with Crippen molar-refractivity contribution in [1.29, 1.82) is 0 Å². The van der Waals surface area contributed by atoms with Crippen molar-refractivity contribution in [3.05, 3.63) is 0 Å². The molecule has 0 N–H and O–H groups in total.